The van der Waals surface area contributed by atoms with Crippen molar-refractivity contribution in [2.75, 3.05) is 0 Å². The highest BCUT2D eigenvalue weighted by Gasteiger charge is 2.13. The number of hydrogen-bond acceptors (Lipinski definition) is 4. The van der Waals surface area contributed by atoms with E-state index in [2.05, 4.69) is 114 Å². The van der Waals surface area contributed by atoms with Gasteiger partial charge >= 0.3 is 0 Å². The number of hydrogen-bond donors (Lipinski definition) is 0. The molecule has 0 unspecified atom stereocenters. The molecule has 4 nitrogen and oxygen atoms in total. The lowest BCUT2D eigenvalue weighted by molar-refractivity contribution is 0.603. The van der Waals surface area contributed by atoms with Crippen LogP contribution >= 0.6 is 0 Å². The second-order valence-corrected chi connectivity index (χ2v) is 10.6. The van der Waals surface area contributed by atoms with Crippen LogP contribution in [-0.4, -0.2) is 15.0 Å². The third kappa shape index (κ3) is 4.75. The summed E-state index contributed by atoms with van der Waals surface area (Å²) in [6.07, 6.45) is 1.50. The maximum Gasteiger partial charge on any atom is 0.182 e. The van der Waals surface area contributed by atoms with Crippen molar-refractivity contribution in [1.82, 2.24) is 15.0 Å². The van der Waals surface area contributed by atoms with Gasteiger partial charge in [-0.2, -0.15) is 0 Å². The van der Waals surface area contributed by atoms with Gasteiger partial charge in [0.15, 0.2) is 17.8 Å². The predicted molar refractivity (Wildman–Crippen MR) is 174 cm³/mol. The van der Waals surface area contributed by atoms with Crippen LogP contribution < -0.4 is 0 Å². The van der Waals surface area contributed by atoms with Gasteiger partial charge in [-0.1, -0.05) is 121 Å². The molecular weight excluding hydrogens is 526 g/mol. The van der Waals surface area contributed by atoms with E-state index in [1.54, 1.807) is 0 Å². The van der Waals surface area contributed by atoms with Gasteiger partial charge in [0.1, 0.15) is 5.52 Å². The van der Waals surface area contributed by atoms with E-state index in [0.717, 1.165) is 66.6 Å². The van der Waals surface area contributed by atoms with E-state index >= 15 is 0 Å². The first-order valence-electron chi connectivity index (χ1n) is 14.3. The van der Waals surface area contributed by atoms with E-state index in [9.17, 15) is 0 Å². The Morgan fingerprint density at radius 3 is 1.74 bits per heavy atom. The zero-order valence-corrected chi connectivity index (χ0v) is 23.2. The molecule has 0 radical (unpaired) electrons. The van der Waals surface area contributed by atoms with Crippen LogP contribution in [0.5, 0.6) is 0 Å². The van der Waals surface area contributed by atoms with Crippen molar-refractivity contribution in [2.24, 2.45) is 0 Å². The van der Waals surface area contributed by atoms with Crippen molar-refractivity contribution in [2.45, 2.75) is 0 Å². The molecule has 4 heteroatoms. The maximum absolute atomic E-state index is 5.69. The van der Waals surface area contributed by atoms with Crippen LogP contribution in [-0.2, 0) is 0 Å². The fraction of sp³-hybridized carbons (Fsp3) is 0. The molecule has 2 aromatic heterocycles. The molecule has 8 rings (SSSR count). The molecule has 43 heavy (non-hydrogen) atoms. The van der Waals surface area contributed by atoms with Gasteiger partial charge in [-0.05, 0) is 51.7 Å². The third-order valence-electron chi connectivity index (χ3n) is 7.85. The van der Waals surface area contributed by atoms with Crippen LogP contribution in [0, 0.1) is 0 Å². The lowest BCUT2D eigenvalue weighted by Gasteiger charge is -2.11. The van der Waals surface area contributed by atoms with Gasteiger partial charge in [0, 0.05) is 22.3 Å². The minimum atomic E-state index is 0.701. The Labute approximate surface area is 249 Å². The fourth-order valence-corrected chi connectivity index (χ4v) is 5.61. The summed E-state index contributed by atoms with van der Waals surface area (Å²) in [6, 6.07) is 50.3. The molecule has 2 heterocycles. The van der Waals surface area contributed by atoms with Gasteiger partial charge < -0.3 is 4.42 Å². The molecule has 0 amide bonds. The van der Waals surface area contributed by atoms with Crippen LogP contribution in [0.3, 0.4) is 0 Å². The number of nitrogens with zero attached hydrogens (tertiary/aromatic N) is 3. The molecule has 8 aromatic rings. The van der Waals surface area contributed by atoms with Gasteiger partial charge in [-0.3, -0.25) is 0 Å². The van der Waals surface area contributed by atoms with Gasteiger partial charge in [0.2, 0.25) is 0 Å². The largest absolute Gasteiger partial charge is 0.443 e. The van der Waals surface area contributed by atoms with Crippen molar-refractivity contribution >= 4 is 21.9 Å². The molecule has 202 valence electrons. The van der Waals surface area contributed by atoms with Crippen LogP contribution in [0.25, 0.3) is 78.0 Å². The maximum atomic E-state index is 5.69. The molecule has 0 fully saturated rings. The van der Waals surface area contributed by atoms with Crippen molar-refractivity contribution in [3.05, 3.63) is 152 Å². The summed E-state index contributed by atoms with van der Waals surface area (Å²) in [5, 5.41) is 2.28. The van der Waals surface area contributed by atoms with E-state index in [1.807, 2.05) is 36.4 Å². The fourth-order valence-electron chi connectivity index (χ4n) is 5.61. The summed E-state index contributed by atoms with van der Waals surface area (Å²) in [7, 11) is 0. The van der Waals surface area contributed by atoms with E-state index in [0.29, 0.717) is 5.82 Å². The highest BCUT2D eigenvalue weighted by atomic mass is 16.3. The molecule has 0 aliphatic carbocycles. The molecule has 0 atom stereocenters. The number of oxazole rings is 1. The standard InChI is InChI=1S/C39H25N3O/c1-3-8-26(9-4-1)27-14-16-29(17-15-27)39-41-36(28-10-5-2-6-11-28)24-37(42-39)33-21-19-30-22-32(20-18-31(30)23-33)34-12-7-13-35-38(34)43-25-40-35/h1-25H. The molecule has 0 aliphatic rings. The molecule has 0 spiro atoms. The van der Waals surface area contributed by atoms with E-state index < -0.39 is 0 Å². The normalized spacial score (nSPS) is 11.3. The van der Waals surface area contributed by atoms with Gasteiger partial charge in [0.25, 0.3) is 0 Å². The Hall–Kier alpha value is -5.87. The quantitative estimate of drug-likeness (QED) is 0.214. The Bertz CT molecular complexity index is 2220. The molecule has 6 aromatic carbocycles. The first-order valence-corrected chi connectivity index (χ1v) is 14.3. The topological polar surface area (TPSA) is 51.8 Å². The van der Waals surface area contributed by atoms with Crippen molar-refractivity contribution < 1.29 is 4.42 Å². The number of aromatic nitrogens is 3. The number of rotatable bonds is 5. The second-order valence-electron chi connectivity index (χ2n) is 10.6. The zero-order chi connectivity index (χ0) is 28.6. The first-order chi connectivity index (χ1) is 21.3. The van der Waals surface area contributed by atoms with Crippen LogP contribution in [0.2, 0.25) is 0 Å². The molecule has 0 bridgehead atoms. The predicted octanol–water partition coefficient (Wildman–Crippen LogP) is 10.1. The highest BCUT2D eigenvalue weighted by molar-refractivity contribution is 5.95. The Morgan fingerprint density at radius 1 is 0.419 bits per heavy atom. The Balaban J connectivity index is 1.21. The van der Waals surface area contributed by atoms with Crippen LogP contribution in [0.15, 0.2) is 156 Å². The summed E-state index contributed by atoms with van der Waals surface area (Å²) < 4.78 is 5.69. The molecule has 0 saturated carbocycles. The number of para-hydroxylation sites is 1. The van der Waals surface area contributed by atoms with E-state index in [4.69, 9.17) is 14.4 Å². The molecule has 0 N–H and O–H groups in total. The van der Waals surface area contributed by atoms with Crippen molar-refractivity contribution in [3.63, 3.8) is 0 Å². The molecule has 0 aliphatic heterocycles. The highest BCUT2D eigenvalue weighted by Crippen LogP contribution is 2.33. The summed E-state index contributed by atoms with van der Waals surface area (Å²) in [5.41, 5.74) is 11.0. The first kappa shape index (κ1) is 24.9. The summed E-state index contributed by atoms with van der Waals surface area (Å²) in [5.74, 6) is 0.701. The summed E-state index contributed by atoms with van der Waals surface area (Å²) in [4.78, 5) is 14.4. The average Bonchev–Trinajstić information content (AvgIpc) is 3.58. The number of fused-ring (bicyclic) bond motifs is 2. The summed E-state index contributed by atoms with van der Waals surface area (Å²) in [6.45, 7) is 0. The average molecular weight is 552 g/mol. The number of benzene rings is 6. The van der Waals surface area contributed by atoms with Crippen LogP contribution in [0.4, 0.5) is 0 Å². The van der Waals surface area contributed by atoms with E-state index in [1.165, 1.54) is 12.0 Å². The monoisotopic (exact) mass is 551 g/mol. The second kappa shape index (κ2) is 10.5. The Kier molecular flexibility index (Phi) is 6.08. The lowest BCUT2D eigenvalue weighted by Crippen LogP contribution is -1.96. The third-order valence-corrected chi connectivity index (χ3v) is 7.85. The zero-order valence-electron chi connectivity index (χ0n) is 23.2. The lowest BCUT2D eigenvalue weighted by atomic mass is 9.98. The van der Waals surface area contributed by atoms with Gasteiger partial charge in [-0.25, -0.2) is 15.0 Å². The van der Waals surface area contributed by atoms with Crippen LogP contribution in [0.1, 0.15) is 0 Å². The van der Waals surface area contributed by atoms with Gasteiger partial charge in [-0.15, -0.1) is 0 Å². The minimum absolute atomic E-state index is 0.701. The smallest absolute Gasteiger partial charge is 0.182 e. The SMILES string of the molecule is c1ccc(-c2ccc(-c3nc(-c4ccccc4)cc(-c4ccc5cc(-c6cccc7ncoc67)ccc5c4)n3)cc2)cc1. The van der Waals surface area contributed by atoms with Gasteiger partial charge in [0.05, 0.1) is 11.4 Å². The summed E-state index contributed by atoms with van der Waals surface area (Å²) >= 11 is 0. The van der Waals surface area contributed by atoms with Crippen molar-refractivity contribution in [3.8, 4) is 56.2 Å². The Morgan fingerprint density at radius 2 is 1.00 bits per heavy atom. The molecule has 0 saturated heterocycles. The van der Waals surface area contributed by atoms with Crippen molar-refractivity contribution in [1.29, 1.82) is 0 Å². The molecular formula is C39H25N3O. The van der Waals surface area contributed by atoms with E-state index in [-0.39, 0.29) is 0 Å². The minimum Gasteiger partial charge on any atom is -0.443 e.